The number of rotatable bonds is 14. The normalized spacial score (nSPS) is 13.2. The van der Waals surface area contributed by atoms with Gasteiger partial charge >= 0.3 is 5.97 Å². The van der Waals surface area contributed by atoms with Gasteiger partial charge < -0.3 is 10.2 Å². The molecule has 0 aliphatic heterocycles. The minimum absolute atomic E-state index is 0.223. The number of unbranched alkanes of at least 4 members (excludes halogenated alkanes) is 5. The summed E-state index contributed by atoms with van der Waals surface area (Å²) in [5, 5.41) is 18.3. The monoisotopic (exact) mass is 296 g/mol. The summed E-state index contributed by atoms with van der Waals surface area (Å²) in [6.45, 7) is 2.11. The van der Waals surface area contributed by atoms with E-state index in [1.54, 1.807) is 0 Å². The van der Waals surface area contributed by atoms with Crippen molar-refractivity contribution in [2.24, 2.45) is 0 Å². The van der Waals surface area contributed by atoms with Gasteiger partial charge in [0.1, 0.15) is 0 Å². The van der Waals surface area contributed by atoms with Crippen LogP contribution in [-0.2, 0) is 4.79 Å². The van der Waals surface area contributed by atoms with Gasteiger partial charge in [-0.1, -0.05) is 50.5 Å². The van der Waals surface area contributed by atoms with Crippen molar-refractivity contribution in [2.75, 3.05) is 0 Å². The van der Waals surface area contributed by atoms with E-state index in [0.29, 0.717) is 6.42 Å². The number of hydrogen-bond acceptors (Lipinski definition) is 2. The van der Waals surface area contributed by atoms with Crippen LogP contribution in [0.25, 0.3) is 0 Å². The molecule has 0 saturated carbocycles. The third-order valence-electron chi connectivity index (χ3n) is 3.41. The summed E-state index contributed by atoms with van der Waals surface area (Å²) in [4.78, 5) is 10.3. The lowest BCUT2D eigenvalue weighted by molar-refractivity contribution is -0.137. The van der Waals surface area contributed by atoms with E-state index in [2.05, 4.69) is 31.2 Å². The summed E-state index contributed by atoms with van der Waals surface area (Å²) >= 11 is 0. The first-order valence-electron chi connectivity index (χ1n) is 8.36. The van der Waals surface area contributed by atoms with Gasteiger partial charge in [-0.25, -0.2) is 0 Å². The van der Waals surface area contributed by atoms with Crippen LogP contribution in [0.15, 0.2) is 24.3 Å². The molecule has 3 nitrogen and oxygen atoms in total. The van der Waals surface area contributed by atoms with Gasteiger partial charge in [-0.3, -0.25) is 4.79 Å². The van der Waals surface area contributed by atoms with Crippen LogP contribution in [0.2, 0.25) is 0 Å². The molecule has 0 saturated heterocycles. The van der Waals surface area contributed by atoms with E-state index in [4.69, 9.17) is 5.11 Å². The van der Waals surface area contributed by atoms with Crippen LogP contribution >= 0.6 is 0 Å². The summed E-state index contributed by atoms with van der Waals surface area (Å²) < 4.78 is 0. The average molecular weight is 296 g/mol. The second-order valence-corrected chi connectivity index (χ2v) is 5.52. The van der Waals surface area contributed by atoms with Crippen LogP contribution in [0.1, 0.15) is 77.6 Å². The minimum atomic E-state index is -0.693. The van der Waals surface area contributed by atoms with Crippen LogP contribution in [0.5, 0.6) is 0 Å². The maximum atomic E-state index is 10.3. The quantitative estimate of drug-likeness (QED) is 0.355. The standard InChI is InChI=1S/C18H32O3/c1-2-3-4-11-14-17(19)15-12-9-7-5-6-8-10-13-16-18(20)21/h3-4,9,12,17,19H,2,5-8,10-11,13-16H2,1H3,(H,20,21)/b4-3+,12-9+. The molecular formula is C18H32O3. The van der Waals surface area contributed by atoms with Gasteiger partial charge in [0.05, 0.1) is 6.10 Å². The van der Waals surface area contributed by atoms with Crippen LogP contribution in [-0.4, -0.2) is 22.3 Å². The van der Waals surface area contributed by atoms with Crippen molar-refractivity contribution in [3.63, 3.8) is 0 Å². The molecule has 0 radical (unpaired) electrons. The molecule has 21 heavy (non-hydrogen) atoms. The van der Waals surface area contributed by atoms with E-state index >= 15 is 0 Å². The number of carboxylic acids is 1. The fourth-order valence-corrected chi connectivity index (χ4v) is 2.13. The molecule has 0 aliphatic carbocycles. The lowest BCUT2D eigenvalue weighted by Gasteiger charge is -2.05. The van der Waals surface area contributed by atoms with E-state index in [9.17, 15) is 9.90 Å². The zero-order chi connectivity index (χ0) is 15.8. The Bertz CT molecular complexity index is 295. The van der Waals surface area contributed by atoms with Crippen LogP contribution < -0.4 is 0 Å². The fourth-order valence-electron chi connectivity index (χ4n) is 2.13. The van der Waals surface area contributed by atoms with E-state index in [-0.39, 0.29) is 6.10 Å². The molecule has 0 aromatic heterocycles. The van der Waals surface area contributed by atoms with Gasteiger partial charge in [0.2, 0.25) is 0 Å². The summed E-state index contributed by atoms with van der Waals surface area (Å²) in [6, 6.07) is 0. The summed E-state index contributed by atoms with van der Waals surface area (Å²) in [7, 11) is 0. The van der Waals surface area contributed by atoms with Gasteiger partial charge in [-0.15, -0.1) is 0 Å². The first-order valence-corrected chi connectivity index (χ1v) is 8.36. The minimum Gasteiger partial charge on any atom is -0.481 e. The van der Waals surface area contributed by atoms with Crippen molar-refractivity contribution in [1.82, 2.24) is 0 Å². The zero-order valence-electron chi connectivity index (χ0n) is 13.5. The number of aliphatic hydroxyl groups excluding tert-OH is 1. The van der Waals surface area contributed by atoms with E-state index in [1.807, 2.05) is 0 Å². The third kappa shape index (κ3) is 16.9. The molecule has 0 aromatic carbocycles. The third-order valence-corrected chi connectivity index (χ3v) is 3.41. The maximum Gasteiger partial charge on any atom is 0.303 e. The van der Waals surface area contributed by atoms with Crippen molar-refractivity contribution in [2.45, 2.75) is 83.7 Å². The second-order valence-electron chi connectivity index (χ2n) is 5.52. The summed E-state index contributed by atoms with van der Waals surface area (Å²) in [5.41, 5.74) is 0. The van der Waals surface area contributed by atoms with E-state index in [1.165, 1.54) is 0 Å². The number of hydrogen-bond donors (Lipinski definition) is 2. The van der Waals surface area contributed by atoms with Crippen LogP contribution in [0, 0.1) is 0 Å². The van der Waals surface area contributed by atoms with Gasteiger partial charge in [-0.2, -0.15) is 0 Å². The molecule has 3 heteroatoms. The molecule has 1 unspecified atom stereocenters. The Hall–Kier alpha value is -1.09. The number of aliphatic hydroxyl groups is 1. The highest BCUT2D eigenvalue weighted by atomic mass is 16.4. The Balaban J connectivity index is 3.31. The van der Waals surface area contributed by atoms with E-state index < -0.39 is 5.97 Å². The summed E-state index contributed by atoms with van der Waals surface area (Å²) in [5.74, 6) is -0.693. The molecule has 0 bridgehead atoms. The molecule has 1 atom stereocenters. The Kier molecular flexibility index (Phi) is 14.5. The first kappa shape index (κ1) is 19.9. The fraction of sp³-hybridized carbons (Fsp3) is 0.722. The SMILES string of the molecule is CC/C=C/CCC(O)C/C=C/CCCCCCCC(=O)O. The molecule has 0 rings (SSSR count). The number of carbonyl (C=O) groups is 1. The van der Waals surface area contributed by atoms with Crippen molar-refractivity contribution in [3.05, 3.63) is 24.3 Å². The zero-order valence-corrected chi connectivity index (χ0v) is 13.5. The maximum absolute atomic E-state index is 10.3. The highest BCUT2D eigenvalue weighted by Gasteiger charge is 1.99. The van der Waals surface area contributed by atoms with Crippen molar-refractivity contribution in [1.29, 1.82) is 0 Å². The smallest absolute Gasteiger partial charge is 0.303 e. The molecule has 0 fully saturated rings. The summed E-state index contributed by atoms with van der Waals surface area (Å²) in [6.07, 6.45) is 18.5. The molecule has 0 amide bonds. The molecule has 122 valence electrons. The average Bonchev–Trinajstić information content (AvgIpc) is 2.45. The van der Waals surface area contributed by atoms with Gasteiger partial charge in [0, 0.05) is 6.42 Å². The topological polar surface area (TPSA) is 57.5 Å². The number of carboxylic acid groups (broad SMARTS) is 1. The van der Waals surface area contributed by atoms with Crippen molar-refractivity contribution in [3.8, 4) is 0 Å². The highest BCUT2D eigenvalue weighted by Crippen LogP contribution is 2.09. The van der Waals surface area contributed by atoms with Gasteiger partial charge in [0.25, 0.3) is 0 Å². The lowest BCUT2D eigenvalue weighted by Crippen LogP contribution is -2.03. The van der Waals surface area contributed by atoms with Crippen molar-refractivity contribution < 1.29 is 15.0 Å². The molecule has 0 heterocycles. The van der Waals surface area contributed by atoms with Crippen molar-refractivity contribution >= 4 is 5.97 Å². The predicted octanol–water partition coefficient (Wildman–Crippen LogP) is 4.86. The highest BCUT2D eigenvalue weighted by molar-refractivity contribution is 5.66. The number of allylic oxidation sites excluding steroid dienone is 3. The van der Waals surface area contributed by atoms with Crippen LogP contribution in [0.4, 0.5) is 0 Å². The molecular weight excluding hydrogens is 264 g/mol. The predicted molar refractivity (Wildman–Crippen MR) is 88.4 cm³/mol. The Morgan fingerprint density at radius 3 is 2.33 bits per heavy atom. The molecule has 0 spiro atoms. The second kappa shape index (κ2) is 15.3. The molecule has 2 N–H and O–H groups in total. The molecule has 0 aromatic rings. The van der Waals surface area contributed by atoms with Gasteiger partial charge in [-0.05, 0) is 44.9 Å². The van der Waals surface area contributed by atoms with Gasteiger partial charge in [0.15, 0.2) is 0 Å². The Morgan fingerprint density at radius 2 is 1.62 bits per heavy atom. The largest absolute Gasteiger partial charge is 0.481 e. The molecule has 0 aliphatic rings. The Labute approximate surface area is 129 Å². The first-order chi connectivity index (χ1) is 10.2. The lowest BCUT2D eigenvalue weighted by atomic mass is 10.1. The van der Waals surface area contributed by atoms with E-state index in [0.717, 1.165) is 64.2 Å². The van der Waals surface area contributed by atoms with Crippen LogP contribution in [0.3, 0.4) is 0 Å². The Morgan fingerprint density at radius 1 is 0.952 bits per heavy atom. The number of aliphatic carboxylic acids is 1.